The third-order valence-electron chi connectivity index (χ3n) is 3.41. The molecule has 1 aliphatic rings. The maximum atomic E-state index is 13.5. The van der Waals surface area contributed by atoms with Crippen LogP contribution in [0.1, 0.15) is 11.1 Å². The van der Waals surface area contributed by atoms with Crippen molar-refractivity contribution in [2.45, 2.75) is 13.1 Å². The zero-order chi connectivity index (χ0) is 15.0. The number of benzene rings is 2. The molecule has 0 aliphatic carbocycles. The van der Waals surface area contributed by atoms with Crippen LogP contribution in [0.15, 0.2) is 36.4 Å². The first-order valence-corrected chi connectivity index (χ1v) is 6.41. The van der Waals surface area contributed by atoms with Gasteiger partial charge in [0.2, 0.25) is 0 Å². The quantitative estimate of drug-likeness (QED) is 0.793. The van der Waals surface area contributed by atoms with E-state index < -0.39 is 17.7 Å². The van der Waals surface area contributed by atoms with Crippen LogP contribution < -0.4 is 11.1 Å². The standard InChI is InChI=1S/C15H13F2N3O/c16-11-2-4-14(13(17)6-11)19-15(21)20-7-9-1-3-12(18)5-10(9)8-20/h1-6H,7-8,18H2,(H,19,21). The topological polar surface area (TPSA) is 58.4 Å². The number of carbonyl (C=O) groups is 1. The summed E-state index contributed by atoms with van der Waals surface area (Å²) in [5, 5.41) is 2.44. The molecule has 0 atom stereocenters. The summed E-state index contributed by atoms with van der Waals surface area (Å²) in [7, 11) is 0. The number of rotatable bonds is 1. The minimum atomic E-state index is -0.802. The molecule has 1 heterocycles. The van der Waals surface area contributed by atoms with E-state index in [9.17, 15) is 13.6 Å². The lowest BCUT2D eigenvalue weighted by Crippen LogP contribution is -2.30. The van der Waals surface area contributed by atoms with E-state index in [1.807, 2.05) is 12.1 Å². The summed E-state index contributed by atoms with van der Waals surface area (Å²) < 4.78 is 26.4. The van der Waals surface area contributed by atoms with E-state index in [0.717, 1.165) is 23.3 Å². The molecule has 3 N–H and O–H groups in total. The second kappa shape index (κ2) is 5.05. The predicted molar refractivity (Wildman–Crippen MR) is 75.5 cm³/mol. The molecule has 2 aromatic carbocycles. The van der Waals surface area contributed by atoms with Crippen molar-refractivity contribution in [1.29, 1.82) is 0 Å². The van der Waals surface area contributed by atoms with Gasteiger partial charge in [0.05, 0.1) is 5.69 Å². The minimum Gasteiger partial charge on any atom is -0.399 e. The molecule has 4 nitrogen and oxygen atoms in total. The summed E-state index contributed by atoms with van der Waals surface area (Å²) in [6, 6.07) is 8.06. The molecule has 2 amide bonds. The van der Waals surface area contributed by atoms with Gasteiger partial charge < -0.3 is 16.0 Å². The van der Waals surface area contributed by atoms with Crippen LogP contribution in [0, 0.1) is 11.6 Å². The van der Waals surface area contributed by atoms with Crippen molar-refractivity contribution in [3.63, 3.8) is 0 Å². The minimum absolute atomic E-state index is 0.0446. The average Bonchev–Trinajstić information content (AvgIpc) is 2.85. The maximum absolute atomic E-state index is 13.5. The van der Waals surface area contributed by atoms with Crippen LogP contribution in [0.4, 0.5) is 25.0 Å². The Morgan fingerprint density at radius 3 is 2.62 bits per heavy atom. The number of urea groups is 1. The van der Waals surface area contributed by atoms with E-state index >= 15 is 0 Å². The van der Waals surface area contributed by atoms with Crippen LogP contribution in [0.3, 0.4) is 0 Å². The van der Waals surface area contributed by atoms with Crippen LogP contribution in [0.2, 0.25) is 0 Å². The first-order chi connectivity index (χ1) is 10.0. The zero-order valence-electron chi connectivity index (χ0n) is 11.1. The SMILES string of the molecule is Nc1ccc2c(c1)CN(C(=O)Nc1ccc(F)cc1F)C2. The Hall–Kier alpha value is -2.63. The highest BCUT2D eigenvalue weighted by Crippen LogP contribution is 2.25. The van der Waals surface area contributed by atoms with Crippen LogP contribution in [-0.2, 0) is 13.1 Å². The van der Waals surface area contributed by atoms with Crippen molar-refractivity contribution in [3.8, 4) is 0 Å². The highest BCUT2D eigenvalue weighted by Gasteiger charge is 2.24. The lowest BCUT2D eigenvalue weighted by atomic mass is 10.1. The fourth-order valence-corrected chi connectivity index (χ4v) is 2.34. The molecular weight excluding hydrogens is 276 g/mol. The van der Waals surface area contributed by atoms with Crippen LogP contribution in [-0.4, -0.2) is 10.9 Å². The summed E-state index contributed by atoms with van der Waals surface area (Å²) in [5.41, 5.74) is 8.29. The van der Waals surface area contributed by atoms with Gasteiger partial charge in [-0.1, -0.05) is 6.07 Å². The number of nitrogens with one attached hydrogen (secondary N) is 1. The Morgan fingerprint density at radius 1 is 1.10 bits per heavy atom. The Labute approximate surface area is 120 Å². The number of nitrogen functional groups attached to an aromatic ring is 1. The molecule has 0 aromatic heterocycles. The fraction of sp³-hybridized carbons (Fsp3) is 0.133. The van der Waals surface area contributed by atoms with Gasteiger partial charge in [0, 0.05) is 24.8 Å². The number of anilines is 2. The maximum Gasteiger partial charge on any atom is 0.322 e. The van der Waals surface area contributed by atoms with Gasteiger partial charge in [0.25, 0.3) is 0 Å². The Morgan fingerprint density at radius 2 is 1.86 bits per heavy atom. The second-order valence-electron chi connectivity index (χ2n) is 4.94. The average molecular weight is 289 g/mol. The normalized spacial score (nSPS) is 13.1. The Balaban J connectivity index is 1.73. The summed E-state index contributed by atoms with van der Waals surface area (Å²) in [5.74, 6) is -1.49. The van der Waals surface area contributed by atoms with Gasteiger partial charge >= 0.3 is 6.03 Å². The molecule has 0 bridgehead atoms. The van der Waals surface area contributed by atoms with Crippen molar-refractivity contribution < 1.29 is 13.6 Å². The molecule has 0 unspecified atom stereocenters. The third-order valence-corrected chi connectivity index (χ3v) is 3.41. The number of halogens is 2. The molecule has 2 aromatic rings. The van der Waals surface area contributed by atoms with Gasteiger partial charge in [0.1, 0.15) is 11.6 Å². The highest BCUT2D eigenvalue weighted by atomic mass is 19.1. The van der Waals surface area contributed by atoms with Gasteiger partial charge in [-0.3, -0.25) is 0 Å². The molecule has 0 saturated carbocycles. The Bertz CT molecular complexity index is 718. The third kappa shape index (κ3) is 2.65. The summed E-state index contributed by atoms with van der Waals surface area (Å²) in [6.07, 6.45) is 0. The van der Waals surface area contributed by atoms with Gasteiger partial charge in [-0.15, -0.1) is 0 Å². The Kier molecular flexibility index (Phi) is 3.21. The van der Waals surface area contributed by atoms with Gasteiger partial charge in [-0.25, -0.2) is 13.6 Å². The van der Waals surface area contributed by atoms with E-state index in [1.165, 1.54) is 11.0 Å². The van der Waals surface area contributed by atoms with Crippen molar-refractivity contribution in [1.82, 2.24) is 4.90 Å². The van der Waals surface area contributed by atoms with E-state index in [-0.39, 0.29) is 5.69 Å². The lowest BCUT2D eigenvalue weighted by Gasteiger charge is -2.16. The predicted octanol–water partition coefficient (Wildman–Crippen LogP) is 3.09. The molecule has 0 fully saturated rings. The van der Waals surface area contributed by atoms with E-state index in [0.29, 0.717) is 18.8 Å². The van der Waals surface area contributed by atoms with Crippen molar-refractivity contribution in [3.05, 3.63) is 59.2 Å². The van der Waals surface area contributed by atoms with Crippen LogP contribution >= 0.6 is 0 Å². The van der Waals surface area contributed by atoms with Gasteiger partial charge in [0.15, 0.2) is 0 Å². The lowest BCUT2D eigenvalue weighted by molar-refractivity contribution is 0.212. The molecule has 0 spiro atoms. The molecule has 21 heavy (non-hydrogen) atoms. The van der Waals surface area contributed by atoms with Crippen LogP contribution in [0.25, 0.3) is 0 Å². The number of fused-ring (bicyclic) bond motifs is 1. The highest BCUT2D eigenvalue weighted by molar-refractivity contribution is 5.89. The van der Waals surface area contributed by atoms with Crippen molar-refractivity contribution >= 4 is 17.4 Å². The number of nitrogens with zero attached hydrogens (tertiary/aromatic N) is 1. The summed E-state index contributed by atoms with van der Waals surface area (Å²) in [6.45, 7) is 0.847. The van der Waals surface area contributed by atoms with Crippen LogP contribution in [0.5, 0.6) is 0 Å². The molecule has 1 aliphatic heterocycles. The first kappa shape index (κ1) is 13.4. The number of hydrogen-bond acceptors (Lipinski definition) is 2. The molecule has 3 rings (SSSR count). The molecular formula is C15H13F2N3O. The molecule has 108 valence electrons. The van der Waals surface area contributed by atoms with Crippen molar-refractivity contribution in [2.24, 2.45) is 0 Å². The van der Waals surface area contributed by atoms with Gasteiger partial charge in [-0.2, -0.15) is 0 Å². The molecule has 0 radical (unpaired) electrons. The largest absolute Gasteiger partial charge is 0.399 e. The van der Waals surface area contributed by atoms with E-state index in [2.05, 4.69) is 5.32 Å². The van der Waals surface area contributed by atoms with E-state index in [1.54, 1.807) is 6.07 Å². The van der Waals surface area contributed by atoms with Gasteiger partial charge in [-0.05, 0) is 35.4 Å². The molecule has 6 heteroatoms. The summed E-state index contributed by atoms with van der Waals surface area (Å²) >= 11 is 0. The number of nitrogens with two attached hydrogens (primary N) is 1. The summed E-state index contributed by atoms with van der Waals surface area (Å²) in [4.78, 5) is 13.7. The monoisotopic (exact) mass is 289 g/mol. The van der Waals surface area contributed by atoms with E-state index in [4.69, 9.17) is 5.73 Å². The molecule has 0 saturated heterocycles. The smallest absolute Gasteiger partial charge is 0.322 e. The number of hydrogen-bond donors (Lipinski definition) is 2. The fourth-order valence-electron chi connectivity index (χ4n) is 2.34. The second-order valence-corrected chi connectivity index (χ2v) is 4.94. The number of amides is 2. The zero-order valence-corrected chi connectivity index (χ0v) is 11.1. The van der Waals surface area contributed by atoms with Crippen molar-refractivity contribution in [2.75, 3.05) is 11.1 Å². The first-order valence-electron chi connectivity index (χ1n) is 6.41. The number of carbonyl (C=O) groups excluding carboxylic acids is 1.